The Hall–Kier alpha value is -3.83. The number of amides is 1. The first-order chi connectivity index (χ1) is 17.7. The predicted molar refractivity (Wildman–Crippen MR) is 134 cm³/mol. The number of hydrogen-bond donors (Lipinski definition) is 3. The van der Waals surface area contributed by atoms with Gasteiger partial charge < -0.3 is 25.3 Å². The lowest BCUT2D eigenvalue weighted by Crippen LogP contribution is -2.36. The molecular weight excluding hydrogens is 509 g/mol. The van der Waals surface area contributed by atoms with Crippen LogP contribution in [0.25, 0.3) is 11.0 Å². The Morgan fingerprint density at radius 3 is 2.73 bits per heavy atom. The number of nitrogens with one attached hydrogen (secondary N) is 3. The van der Waals surface area contributed by atoms with Crippen LogP contribution in [0.5, 0.6) is 11.5 Å². The first-order valence-corrected chi connectivity index (χ1v) is 11.8. The van der Waals surface area contributed by atoms with Crippen molar-refractivity contribution >= 4 is 40.2 Å². The molecule has 2 aromatic heterocycles. The number of alkyl halides is 3. The van der Waals surface area contributed by atoms with Crippen molar-refractivity contribution in [2.24, 2.45) is 7.05 Å². The highest BCUT2D eigenvalue weighted by molar-refractivity contribution is 6.31. The molecule has 0 bridgehead atoms. The fourth-order valence-electron chi connectivity index (χ4n) is 4.08. The molecule has 5 rings (SSSR count). The van der Waals surface area contributed by atoms with E-state index < -0.39 is 11.7 Å². The third-order valence-corrected chi connectivity index (χ3v) is 6.31. The summed E-state index contributed by atoms with van der Waals surface area (Å²) in [7, 11) is 1.74. The predicted octanol–water partition coefficient (Wildman–Crippen LogP) is 5.27. The van der Waals surface area contributed by atoms with E-state index in [1.165, 1.54) is 18.3 Å². The summed E-state index contributed by atoms with van der Waals surface area (Å²) in [4.78, 5) is 21.2. The van der Waals surface area contributed by atoms with Crippen LogP contribution < -0.4 is 20.7 Å². The van der Waals surface area contributed by atoms with Crippen molar-refractivity contribution in [3.8, 4) is 11.5 Å². The summed E-state index contributed by atoms with van der Waals surface area (Å²) in [6, 6.07) is 12.1. The molecule has 1 aliphatic rings. The summed E-state index contributed by atoms with van der Waals surface area (Å²) in [6.07, 6.45) is -2.21. The minimum atomic E-state index is -4.57. The SMILES string of the molecule is Cn1c(Nc2ccc(Cl)c(C(F)(F)F)c2)nc2cc(Oc3ccnc(C(=O)NC4CCNC4)c3)ccc21. The Bertz CT molecular complexity index is 1470. The Morgan fingerprint density at radius 2 is 1.97 bits per heavy atom. The summed E-state index contributed by atoms with van der Waals surface area (Å²) in [5, 5.41) is 8.68. The molecule has 1 amide bonds. The number of rotatable bonds is 6. The number of anilines is 2. The number of aromatic nitrogens is 3. The molecule has 3 heterocycles. The van der Waals surface area contributed by atoms with Crippen LogP contribution in [-0.2, 0) is 13.2 Å². The second-order valence-corrected chi connectivity index (χ2v) is 9.01. The Balaban J connectivity index is 1.34. The normalized spacial score (nSPS) is 15.6. The van der Waals surface area contributed by atoms with Gasteiger partial charge in [-0.3, -0.25) is 9.78 Å². The van der Waals surface area contributed by atoms with E-state index >= 15 is 0 Å². The van der Waals surface area contributed by atoms with Gasteiger partial charge in [-0.25, -0.2) is 4.98 Å². The number of hydrogen-bond acceptors (Lipinski definition) is 6. The molecular formula is C25H22ClF3N6O2. The minimum Gasteiger partial charge on any atom is -0.457 e. The van der Waals surface area contributed by atoms with Gasteiger partial charge in [0.2, 0.25) is 5.95 Å². The molecule has 1 unspecified atom stereocenters. The van der Waals surface area contributed by atoms with E-state index in [1.807, 2.05) is 0 Å². The maximum atomic E-state index is 13.2. The summed E-state index contributed by atoms with van der Waals surface area (Å²) in [5.41, 5.74) is 0.811. The highest BCUT2D eigenvalue weighted by Gasteiger charge is 2.33. The molecule has 0 aliphatic carbocycles. The maximum absolute atomic E-state index is 13.2. The number of benzene rings is 2. The average molecular weight is 531 g/mol. The van der Waals surface area contributed by atoms with Crippen LogP contribution in [0.15, 0.2) is 54.7 Å². The van der Waals surface area contributed by atoms with Gasteiger partial charge >= 0.3 is 6.18 Å². The molecule has 1 fully saturated rings. The smallest absolute Gasteiger partial charge is 0.417 e. The van der Waals surface area contributed by atoms with Gasteiger partial charge in [-0.1, -0.05) is 11.6 Å². The quantitative estimate of drug-likeness (QED) is 0.314. The summed E-state index contributed by atoms with van der Waals surface area (Å²) >= 11 is 5.72. The highest BCUT2D eigenvalue weighted by atomic mass is 35.5. The summed E-state index contributed by atoms with van der Waals surface area (Å²) < 4.78 is 47.3. The van der Waals surface area contributed by atoms with Gasteiger partial charge in [-0.2, -0.15) is 13.2 Å². The van der Waals surface area contributed by atoms with Crippen LogP contribution >= 0.6 is 11.6 Å². The van der Waals surface area contributed by atoms with Gasteiger partial charge in [0, 0.05) is 43.7 Å². The van der Waals surface area contributed by atoms with Gasteiger partial charge in [0.25, 0.3) is 5.91 Å². The van der Waals surface area contributed by atoms with Crippen LogP contribution in [0.3, 0.4) is 0 Å². The van der Waals surface area contributed by atoms with Crippen molar-refractivity contribution in [1.82, 2.24) is 25.2 Å². The molecule has 4 aromatic rings. The third-order valence-electron chi connectivity index (χ3n) is 5.98. The number of carbonyl (C=O) groups is 1. The number of fused-ring (bicyclic) bond motifs is 1. The van der Waals surface area contributed by atoms with Gasteiger partial charge in [0.15, 0.2) is 0 Å². The largest absolute Gasteiger partial charge is 0.457 e. The van der Waals surface area contributed by atoms with Crippen molar-refractivity contribution in [1.29, 1.82) is 0 Å². The topological polar surface area (TPSA) is 93.1 Å². The van der Waals surface area contributed by atoms with E-state index in [9.17, 15) is 18.0 Å². The molecule has 37 heavy (non-hydrogen) atoms. The zero-order chi connectivity index (χ0) is 26.2. The number of nitrogens with zero attached hydrogens (tertiary/aromatic N) is 3. The van der Waals surface area contributed by atoms with Crippen LogP contribution in [0.4, 0.5) is 24.8 Å². The van der Waals surface area contributed by atoms with E-state index in [2.05, 4.69) is 25.9 Å². The average Bonchev–Trinajstić information content (AvgIpc) is 3.47. The first kappa shape index (κ1) is 24.8. The number of pyridine rings is 1. The molecule has 3 N–H and O–H groups in total. The van der Waals surface area contributed by atoms with Crippen molar-refractivity contribution in [3.05, 3.63) is 71.0 Å². The van der Waals surface area contributed by atoms with Crippen LogP contribution in [0, 0.1) is 0 Å². The molecule has 8 nitrogen and oxygen atoms in total. The molecule has 12 heteroatoms. The second-order valence-electron chi connectivity index (χ2n) is 8.60. The lowest BCUT2D eigenvalue weighted by molar-refractivity contribution is -0.137. The third kappa shape index (κ3) is 5.47. The van der Waals surface area contributed by atoms with E-state index in [1.54, 1.807) is 41.9 Å². The molecule has 2 aromatic carbocycles. The standard InChI is InChI=1S/C25H22ClF3N6O2/c1-35-22-5-3-16(37-17-7-9-31-21(12-17)23(36)32-15-6-8-30-13-15)11-20(22)34-24(35)33-14-2-4-19(26)18(10-14)25(27,28)29/h2-5,7,9-12,15,30H,6,8,13H2,1H3,(H,32,36)(H,33,34). The van der Waals surface area contributed by atoms with E-state index in [0.717, 1.165) is 31.1 Å². The van der Waals surface area contributed by atoms with Crippen molar-refractivity contribution in [2.45, 2.75) is 18.6 Å². The van der Waals surface area contributed by atoms with Crippen molar-refractivity contribution in [2.75, 3.05) is 18.4 Å². The zero-order valence-electron chi connectivity index (χ0n) is 19.6. The number of halogens is 4. The molecule has 1 atom stereocenters. The molecule has 0 spiro atoms. The monoisotopic (exact) mass is 530 g/mol. The van der Waals surface area contributed by atoms with Crippen LogP contribution in [0.2, 0.25) is 5.02 Å². The summed E-state index contributed by atoms with van der Waals surface area (Å²) in [5.74, 6) is 0.970. The zero-order valence-corrected chi connectivity index (χ0v) is 20.3. The number of carbonyl (C=O) groups excluding carboxylic acids is 1. The Morgan fingerprint density at radius 1 is 1.16 bits per heavy atom. The maximum Gasteiger partial charge on any atom is 0.417 e. The fourth-order valence-corrected chi connectivity index (χ4v) is 4.30. The lowest BCUT2D eigenvalue weighted by Gasteiger charge is -2.12. The Labute approximate surface area is 214 Å². The lowest BCUT2D eigenvalue weighted by atomic mass is 10.2. The first-order valence-electron chi connectivity index (χ1n) is 11.4. The second kappa shape index (κ2) is 9.91. The minimum absolute atomic E-state index is 0.0705. The number of imidazole rings is 1. The van der Waals surface area contributed by atoms with Crippen LogP contribution in [0.1, 0.15) is 22.5 Å². The van der Waals surface area contributed by atoms with Crippen LogP contribution in [-0.4, -0.2) is 39.6 Å². The highest BCUT2D eigenvalue weighted by Crippen LogP contribution is 2.37. The molecule has 192 valence electrons. The Kier molecular flexibility index (Phi) is 6.65. The van der Waals surface area contributed by atoms with E-state index in [-0.39, 0.29) is 28.4 Å². The number of aryl methyl sites for hydroxylation is 1. The van der Waals surface area contributed by atoms with E-state index in [4.69, 9.17) is 16.3 Å². The number of ether oxygens (including phenoxy) is 1. The van der Waals surface area contributed by atoms with Gasteiger partial charge in [0.05, 0.1) is 21.6 Å². The summed E-state index contributed by atoms with van der Waals surface area (Å²) in [6.45, 7) is 1.59. The van der Waals surface area contributed by atoms with Crippen molar-refractivity contribution in [3.63, 3.8) is 0 Å². The van der Waals surface area contributed by atoms with Gasteiger partial charge in [-0.05, 0) is 49.4 Å². The van der Waals surface area contributed by atoms with Gasteiger partial charge in [-0.15, -0.1) is 0 Å². The molecule has 1 saturated heterocycles. The molecule has 1 aliphatic heterocycles. The fraction of sp³-hybridized carbons (Fsp3) is 0.240. The van der Waals surface area contributed by atoms with Crippen molar-refractivity contribution < 1.29 is 22.7 Å². The van der Waals surface area contributed by atoms with Gasteiger partial charge in [0.1, 0.15) is 17.2 Å². The van der Waals surface area contributed by atoms with E-state index in [0.29, 0.717) is 23.0 Å². The molecule has 0 radical (unpaired) electrons. The molecule has 0 saturated carbocycles.